The summed E-state index contributed by atoms with van der Waals surface area (Å²) in [6.07, 6.45) is 4.47. The normalized spacial score (nSPS) is 9.88. The Morgan fingerprint density at radius 1 is 1.47 bits per heavy atom. The predicted molar refractivity (Wildman–Crippen MR) is 63.5 cm³/mol. The Morgan fingerprint density at radius 3 is 3.00 bits per heavy atom. The number of ether oxygens (including phenoxy) is 1. The van der Waals surface area contributed by atoms with Gasteiger partial charge in [-0.1, -0.05) is 6.07 Å². The van der Waals surface area contributed by atoms with Gasteiger partial charge in [0.25, 0.3) is 0 Å². The van der Waals surface area contributed by atoms with Crippen LogP contribution in [0.4, 0.5) is 0 Å². The maximum atomic E-state index is 11.5. The summed E-state index contributed by atoms with van der Waals surface area (Å²) in [5.74, 6) is -0.423. The maximum Gasteiger partial charge on any atom is 0.348 e. The van der Waals surface area contributed by atoms with Gasteiger partial charge in [0.1, 0.15) is 17.2 Å². The van der Waals surface area contributed by atoms with Gasteiger partial charge < -0.3 is 4.74 Å². The second-order valence-corrected chi connectivity index (χ2v) is 4.07. The van der Waals surface area contributed by atoms with Gasteiger partial charge in [-0.15, -0.1) is 11.3 Å². The smallest absolute Gasteiger partial charge is 0.348 e. The summed E-state index contributed by atoms with van der Waals surface area (Å²) in [6, 6.07) is 3.45. The zero-order valence-electron chi connectivity index (χ0n) is 8.79. The Hall–Kier alpha value is -2.08. The van der Waals surface area contributed by atoms with Gasteiger partial charge >= 0.3 is 5.97 Å². The lowest BCUT2D eigenvalue weighted by Gasteiger charge is -2.03. The van der Waals surface area contributed by atoms with Gasteiger partial charge in [-0.3, -0.25) is 15.4 Å². The van der Waals surface area contributed by atoms with E-state index in [0.29, 0.717) is 10.6 Å². The molecule has 86 valence electrons. The van der Waals surface area contributed by atoms with E-state index < -0.39 is 5.97 Å². The average molecular weight is 247 g/mol. The summed E-state index contributed by atoms with van der Waals surface area (Å²) in [5.41, 5.74) is 0.537. The van der Waals surface area contributed by atoms with Crippen molar-refractivity contribution in [2.24, 2.45) is 0 Å². The monoisotopic (exact) mass is 247 g/mol. The first-order chi connectivity index (χ1) is 8.27. The molecule has 2 rings (SSSR count). The minimum atomic E-state index is -0.423. The number of aromatic nitrogens is 2. The number of hydrogen-bond acceptors (Lipinski definition) is 6. The van der Waals surface area contributed by atoms with Crippen LogP contribution < -0.4 is 0 Å². The molecular formula is C11H9N3O2S. The minimum Gasteiger partial charge on any atom is -0.455 e. The molecule has 5 nitrogen and oxygen atoms in total. The quantitative estimate of drug-likeness (QED) is 0.659. The van der Waals surface area contributed by atoms with Crippen molar-refractivity contribution in [2.75, 3.05) is 6.61 Å². The topological polar surface area (TPSA) is 75.9 Å². The van der Waals surface area contributed by atoms with Crippen LogP contribution in [-0.4, -0.2) is 28.3 Å². The van der Waals surface area contributed by atoms with E-state index >= 15 is 0 Å². The van der Waals surface area contributed by atoms with E-state index in [1.54, 1.807) is 17.5 Å². The summed E-state index contributed by atoms with van der Waals surface area (Å²) in [7, 11) is 0. The predicted octanol–water partition coefficient (Wildman–Crippen LogP) is 1.76. The molecule has 0 unspecified atom stereocenters. The average Bonchev–Trinajstić information content (AvgIpc) is 2.90. The summed E-state index contributed by atoms with van der Waals surface area (Å²) < 4.78 is 4.98. The molecular weight excluding hydrogens is 238 g/mol. The molecule has 1 N–H and O–H groups in total. The van der Waals surface area contributed by atoms with Crippen molar-refractivity contribution in [2.45, 2.75) is 0 Å². The minimum absolute atomic E-state index is 0.102. The van der Waals surface area contributed by atoms with Gasteiger partial charge in [-0.2, -0.15) is 0 Å². The van der Waals surface area contributed by atoms with Crippen molar-refractivity contribution in [3.63, 3.8) is 0 Å². The molecule has 0 amide bonds. The Morgan fingerprint density at radius 2 is 2.35 bits per heavy atom. The molecule has 2 heterocycles. The Bertz CT molecular complexity index is 511. The molecule has 0 atom stereocenters. The number of nitrogens with one attached hydrogen (secondary N) is 1. The third-order valence-electron chi connectivity index (χ3n) is 1.94. The van der Waals surface area contributed by atoms with Gasteiger partial charge in [-0.25, -0.2) is 4.79 Å². The number of hydrogen-bond donors (Lipinski definition) is 1. The lowest BCUT2D eigenvalue weighted by Crippen LogP contribution is -2.14. The fourth-order valence-electron chi connectivity index (χ4n) is 1.13. The van der Waals surface area contributed by atoms with Crippen molar-refractivity contribution in [3.05, 3.63) is 46.7 Å². The zero-order chi connectivity index (χ0) is 12.1. The van der Waals surface area contributed by atoms with Crippen LogP contribution in [-0.2, 0) is 4.74 Å². The Labute approximate surface area is 102 Å². The highest BCUT2D eigenvalue weighted by Crippen LogP contribution is 2.09. The molecule has 2 aromatic heterocycles. The molecule has 0 fully saturated rings. The standard InChI is InChI=1S/C11H9N3O2S/c12-8(9-6-13-3-4-14-9)7-16-11(15)10-2-1-5-17-10/h1-6,12H,7H2. The SMILES string of the molecule is N=C(COC(=O)c1cccs1)c1cnccn1. The van der Waals surface area contributed by atoms with Crippen LogP contribution in [0, 0.1) is 5.41 Å². The molecule has 0 aromatic carbocycles. The molecule has 17 heavy (non-hydrogen) atoms. The molecule has 6 heteroatoms. The van der Waals surface area contributed by atoms with Crippen molar-refractivity contribution < 1.29 is 9.53 Å². The maximum absolute atomic E-state index is 11.5. The summed E-state index contributed by atoms with van der Waals surface area (Å²) >= 11 is 1.31. The zero-order valence-corrected chi connectivity index (χ0v) is 9.61. The van der Waals surface area contributed by atoms with E-state index in [4.69, 9.17) is 10.1 Å². The number of thiophene rings is 1. The fraction of sp³-hybridized carbons (Fsp3) is 0.0909. The number of carbonyl (C=O) groups excluding carboxylic acids is 1. The first-order valence-corrected chi connectivity index (χ1v) is 5.70. The summed E-state index contributed by atoms with van der Waals surface area (Å²) in [4.78, 5) is 19.8. The highest BCUT2D eigenvalue weighted by atomic mass is 32.1. The van der Waals surface area contributed by atoms with Crippen LogP contribution in [0.15, 0.2) is 36.1 Å². The summed E-state index contributed by atoms with van der Waals surface area (Å²) in [6.45, 7) is -0.102. The van der Waals surface area contributed by atoms with Crippen molar-refractivity contribution >= 4 is 23.0 Å². The lowest BCUT2D eigenvalue weighted by atomic mass is 10.3. The van der Waals surface area contributed by atoms with Crippen molar-refractivity contribution in [1.29, 1.82) is 5.41 Å². The second-order valence-electron chi connectivity index (χ2n) is 3.12. The van der Waals surface area contributed by atoms with E-state index in [1.807, 2.05) is 0 Å². The van der Waals surface area contributed by atoms with Gasteiger partial charge in [0.2, 0.25) is 0 Å². The molecule has 0 spiro atoms. The molecule has 0 saturated carbocycles. The van der Waals surface area contributed by atoms with Gasteiger partial charge in [0, 0.05) is 12.4 Å². The third kappa shape index (κ3) is 2.94. The number of esters is 1. The van der Waals surface area contributed by atoms with Crippen LogP contribution in [0.1, 0.15) is 15.4 Å². The van der Waals surface area contributed by atoms with Crippen molar-refractivity contribution in [3.8, 4) is 0 Å². The van der Waals surface area contributed by atoms with Crippen LogP contribution in [0.2, 0.25) is 0 Å². The first kappa shape index (κ1) is 11.4. The van der Waals surface area contributed by atoms with E-state index in [-0.39, 0.29) is 12.3 Å². The summed E-state index contributed by atoms with van der Waals surface area (Å²) in [5, 5.41) is 9.47. The van der Waals surface area contributed by atoms with Gasteiger partial charge in [0.15, 0.2) is 0 Å². The van der Waals surface area contributed by atoms with E-state index in [1.165, 1.54) is 29.9 Å². The van der Waals surface area contributed by atoms with E-state index in [0.717, 1.165) is 0 Å². The molecule has 0 radical (unpaired) electrons. The second kappa shape index (κ2) is 5.31. The number of carbonyl (C=O) groups is 1. The lowest BCUT2D eigenvalue weighted by molar-refractivity contribution is 0.0569. The van der Waals surface area contributed by atoms with Crippen LogP contribution in [0.5, 0.6) is 0 Å². The van der Waals surface area contributed by atoms with Gasteiger partial charge in [-0.05, 0) is 11.4 Å². The molecule has 0 bridgehead atoms. The number of rotatable bonds is 4. The van der Waals surface area contributed by atoms with E-state index in [9.17, 15) is 4.79 Å². The fourth-order valence-corrected chi connectivity index (χ4v) is 1.75. The van der Waals surface area contributed by atoms with Gasteiger partial charge in [0.05, 0.1) is 11.9 Å². The molecule has 0 aliphatic rings. The molecule has 0 aliphatic carbocycles. The van der Waals surface area contributed by atoms with E-state index in [2.05, 4.69) is 9.97 Å². The molecule has 0 saturated heterocycles. The number of nitrogens with zero attached hydrogens (tertiary/aromatic N) is 2. The largest absolute Gasteiger partial charge is 0.455 e. The first-order valence-electron chi connectivity index (χ1n) is 4.82. The Balaban J connectivity index is 1.91. The highest BCUT2D eigenvalue weighted by molar-refractivity contribution is 7.11. The molecule has 2 aromatic rings. The van der Waals surface area contributed by atoms with Crippen LogP contribution in [0.25, 0.3) is 0 Å². The van der Waals surface area contributed by atoms with Crippen LogP contribution in [0.3, 0.4) is 0 Å². The highest BCUT2D eigenvalue weighted by Gasteiger charge is 2.10. The van der Waals surface area contributed by atoms with Crippen LogP contribution >= 0.6 is 11.3 Å². The van der Waals surface area contributed by atoms with Crippen molar-refractivity contribution in [1.82, 2.24) is 9.97 Å². The third-order valence-corrected chi connectivity index (χ3v) is 2.79. The Kier molecular flexibility index (Phi) is 3.56. The molecule has 0 aliphatic heterocycles.